The van der Waals surface area contributed by atoms with Crippen LogP contribution in [0, 0.1) is 3.77 Å². The lowest BCUT2D eigenvalue weighted by molar-refractivity contribution is -0.148. The average molecular weight is 480 g/mol. The van der Waals surface area contributed by atoms with Gasteiger partial charge in [0.1, 0.15) is 5.76 Å². The third-order valence-electron chi connectivity index (χ3n) is 2.85. The summed E-state index contributed by atoms with van der Waals surface area (Å²) in [6.07, 6.45) is 1.64. The zero-order valence-electron chi connectivity index (χ0n) is 12.4. The molecule has 1 atom stereocenters. The fourth-order valence-corrected chi connectivity index (χ4v) is 2.45. The number of hydrogen-bond donors (Lipinski definition) is 1. The lowest BCUT2D eigenvalue weighted by Crippen LogP contribution is -2.29. The number of ether oxygens (including phenoxy) is 1. The van der Waals surface area contributed by atoms with Gasteiger partial charge in [-0.05, 0) is 59.9 Å². The Bertz CT molecular complexity index is 788. The van der Waals surface area contributed by atoms with Crippen molar-refractivity contribution in [2.75, 3.05) is 5.32 Å². The third-order valence-corrected chi connectivity index (χ3v) is 4.25. The largest absolute Gasteiger partial charge is 0.451 e. The summed E-state index contributed by atoms with van der Waals surface area (Å²) in [6, 6.07) is 8.32. The topological polar surface area (TPSA) is 68.5 Å². The van der Waals surface area contributed by atoms with Gasteiger partial charge in [0.2, 0.25) is 0 Å². The normalized spacial score (nSPS) is 12.2. The van der Waals surface area contributed by atoms with Gasteiger partial charge >= 0.3 is 5.97 Å². The number of anilines is 1. The molecule has 0 aliphatic carbocycles. The van der Waals surface area contributed by atoms with E-state index < -0.39 is 18.0 Å². The van der Waals surface area contributed by atoms with Crippen LogP contribution in [0.2, 0.25) is 10.0 Å². The van der Waals surface area contributed by atoms with Gasteiger partial charge in [0.15, 0.2) is 9.87 Å². The highest BCUT2D eigenvalue weighted by Gasteiger charge is 2.18. The van der Waals surface area contributed by atoms with Crippen molar-refractivity contribution in [3.05, 3.63) is 56.0 Å². The molecule has 0 radical (unpaired) electrons. The van der Waals surface area contributed by atoms with E-state index in [9.17, 15) is 9.59 Å². The molecule has 24 heavy (non-hydrogen) atoms. The summed E-state index contributed by atoms with van der Waals surface area (Å²) >= 11 is 13.9. The monoisotopic (exact) mass is 479 g/mol. The van der Waals surface area contributed by atoms with Gasteiger partial charge in [-0.25, -0.2) is 4.79 Å². The molecule has 126 valence electrons. The van der Waals surface area contributed by atoms with Crippen LogP contribution in [0.1, 0.15) is 12.7 Å². The van der Waals surface area contributed by atoms with E-state index in [-0.39, 0.29) is 5.02 Å². The predicted molar refractivity (Wildman–Crippen MR) is 101 cm³/mol. The predicted octanol–water partition coefficient (Wildman–Crippen LogP) is 4.77. The lowest BCUT2D eigenvalue weighted by atomic mass is 10.3. The Morgan fingerprint density at radius 1 is 1.29 bits per heavy atom. The number of benzene rings is 1. The van der Waals surface area contributed by atoms with Crippen molar-refractivity contribution < 1.29 is 18.7 Å². The van der Waals surface area contributed by atoms with Gasteiger partial charge in [-0.15, -0.1) is 0 Å². The molecule has 0 saturated heterocycles. The molecule has 2 rings (SSSR count). The molecule has 1 amide bonds. The number of rotatable bonds is 5. The molecule has 0 aliphatic heterocycles. The summed E-state index contributed by atoms with van der Waals surface area (Å²) in [4.78, 5) is 23.8. The maximum atomic E-state index is 12.1. The van der Waals surface area contributed by atoms with Gasteiger partial charge in [-0.3, -0.25) is 4.79 Å². The Hall–Kier alpha value is -1.51. The second-order valence-electron chi connectivity index (χ2n) is 4.64. The van der Waals surface area contributed by atoms with Gasteiger partial charge in [0, 0.05) is 6.08 Å². The molecule has 8 heteroatoms. The van der Waals surface area contributed by atoms with E-state index in [1.165, 1.54) is 19.1 Å². The Kier molecular flexibility index (Phi) is 6.70. The molecule has 1 N–H and O–H groups in total. The Morgan fingerprint density at radius 3 is 2.71 bits per heavy atom. The van der Waals surface area contributed by atoms with E-state index in [1.807, 2.05) is 22.6 Å². The highest BCUT2D eigenvalue weighted by Crippen LogP contribution is 2.29. The molecule has 0 spiro atoms. The number of nitrogens with one attached hydrogen (secondary N) is 1. The van der Waals surface area contributed by atoms with Crippen LogP contribution in [0.15, 0.2) is 40.8 Å². The van der Waals surface area contributed by atoms with Crippen LogP contribution in [-0.4, -0.2) is 18.0 Å². The van der Waals surface area contributed by atoms with Crippen LogP contribution in [0.4, 0.5) is 5.69 Å². The number of furan rings is 1. The summed E-state index contributed by atoms with van der Waals surface area (Å²) in [5.74, 6) is -0.672. The zero-order valence-corrected chi connectivity index (χ0v) is 16.1. The maximum Gasteiger partial charge on any atom is 0.331 e. The van der Waals surface area contributed by atoms with Gasteiger partial charge < -0.3 is 14.5 Å². The van der Waals surface area contributed by atoms with Crippen LogP contribution in [0.3, 0.4) is 0 Å². The van der Waals surface area contributed by atoms with E-state index in [1.54, 1.807) is 30.3 Å². The van der Waals surface area contributed by atoms with Gasteiger partial charge in [0.05, 0.1) is 15.7 Å². The molecule has 2 aromatic rings. The molecule has 1 aromatic carbocycles. The SMILES string of the molecule is CC(OC(=O)/C=C/c1ccc(I)o1)C(=O)Nc1cccc(Cl)c1Cl. The minimum atomic E-state index is -1.01. The number of carbonyl (C=O) groups is 2. The van der Waals surface area contributed by atoms with E-state index in [0.29, 0.717) is 20.2 Å². The fourth-order valence-electron chi connectivity index (χ4n) is 1.67. The molecule has 0 saturated carbocycles. The smallest absolute Gasteiger partial charge is 0.331 e. The third kappa shape index (κ3) is 5.25. The van der Waals surface area contributed by atoms with E-state index >= 15 is 0 Å². The summed E-state index contributed by atoms with van der Waals surface area (Å²) < 4.78 is 11.0. The molecule has 1 heterocycles. The van der Waals surface area contributed by atoms with Crippen molar-refractivity contribution in [1.29, 1.82) is 0 Å². The zero-order chi connectivity index (χ0) is 17.7. The van der Waals surface area contributed by atoms with E-state index in [0.717, 1.165) is 0 Å². The fraction of sp³-hybridized carbons (Fsp3) is 0.125. The minimum absolute atomic E-state index is 0.221. The van der Waals surface area contributed by atoms with E-state index in [2.05, 4.69) is 5.32 Å². The van der Waals surface area contributed by atoms with Gasteiger partial charge in [-0.1, -0.05) is 29.3 Å². The number of halogens is 3. The molecule has 0 fully saturated rings. The second kappa shape index (κ2) is 8.55. The Balaban J connectivity index is 1.92. The van der Waals surface area contributed by atoms with Crippen molar-refractivity contribution in [3.63, 3.8) is 0 Å². The summed E-state index contributed by atoms with van der Waals surface area (Å²) in [6.45, 7) is 1.45. The standard InChI is InChI=1S/C16H12Cl2INO4/c1-9(16(22)20-12-4-2-3-11(17)15(12)18)23-14(21)8-6-10-5-7-13(19)24-10/h2-9H,1H3,(H,20,22)/b8-6+. The molecule has 1 aromatic heterocycles. The molecule has 1 unspecified atom stereocenters. The average Bonchev–Trinajstić information content (AvgIpc) is 2.95. The van der Waals surface area contributed by atoms with Gasteiger partial charge in [0.25, 0.3) is 5.91 Å². The van der Waals surface area contributed by atoms with Crippen molar-refractivity contribution in [1.82, 2.24) is 0 Å². The minimum Gasteiger partial charge on any atom is -0.451 e. The number of esters is 1. The van der Waals surface area contributed by atoms with Crippen LogP contribution in [-0.2, 0) is 14.3 Å². The first-order valence-corrected chi connectivity index (χ1v) is 8.59. The first kappa shape index (κ1) is 18.8. The van der Waals surface area contributed by atoms with Crippen LogP contribution in [0.25, 0.3) is 6.08 Å². The van der Waals surface area contributed by atoms with Crippen molar-refractivity contribution in [2.24, 2.45) is 0 Å². The first-order chi connectivity index (χ1) is 11.4. The molecular weight excluding hydrogens is 468 g/mol. The van der Waals surface area contributed by atoms with Crippen molar-refractivity contribution in [2.45, 2.75) is 13.0 Å². The highest BCUT2D eigenvalue weighted by molar-refractivity contribution is 14.1. The second-order valence-corrected chi connectivity index (χ2v) is 6.49. The molecular formula is C16H12Cl2INO4. The van der Waals surface area contributed by atoms with Crippen LogP contribution < -0.4 is 5.32 Å². The summed E-state index contributed by atoms with van der Waals surface area (Å²) in [5.41, 5.74) is 0.345. The molecule has 0 bridgehead atoms. The highest BCUT2D eigenvalue weighted by atomic mass is 127. The Morgan fingerprint density at radius 2 is 2.04 bits per heavy atom. The lowest BCUT2D eigenvalue weighted by Gasteiger charge is -2.13. The maximum absolute atomic E-state index is 12.1. The van der Waals surface area contributed by atoms with E-state index in [4.69, 9.17) is 32.4 Å². The number of amides is 1. The van der Waals surface area contributed by atoms with Crippen LogP contribution in [0.5, 0.6) is 0 Å². The van der Waals surface area contributed by atoms with Crippen molar-refractivity contribution in [3.8, 4) is 0 Å². The van der Waals surface area contributed by atoms with Crippen LogP contribution >= 0.6 is 45.8 Å². The first-order valence-electron chi connectivity index (χ1n) is 6.75. The number of hydrogen-bond acceptors (Lipinski definition) is 4. The molecule has 5 nitrogen and oxygen atoms in total. The summed E-state index contributed by atoms with van der Waals surface area (Å²) in [7, 11) is 0. The summed E-state index contributed by atoms with van der Waals surface area (Å²) in [5, 5.41) is 3.09. The van der Waals surface area contributed by atoms with Crippen molar-refractivity contribution >= 4 is 69.4 Å². The van der Waals surface area contributed by atoms with Gasteiger partial charge in [-0.2, -0.15) is 0 Å². The Labute approximate surface area is 162 Å². The number of carbonyl (C=O) groups excluding carboxylic acids is 2. The quantitative estimate of drug-likeness (QED) is 0.381. The molecule has 0 aliphatic rings.